The molecule has 0 unspecified atom stereocenters. The van der Waals surface area contributed by atoms with E-state index in [-0.39, 0.29) is 10.8 Å². The molecule has 0 radical (unpaired) electrons. The van der Waals surface area contributed by atoms with E-state index in [4.69, 9.17) is 0 Å². The third-order valence-corrected chi connectivity index (χ3v) is 5.24. The predicted octanol–water partition coefficient (Wildman–Crippen LogP) is 3.72. The number of rotatable bonds is 8. The molecule has 0 fully saturated rings. The normalized spacial score (nSPS) is 11.1. The summed E-state index contributed by atoms with van der Waals surface area (Å²) in [5, 5.41) is 2.86. The number of hydrogen-bond donors (Lipinski definition) is 2. The highest BCUT2D eigenvalue weighted by Gasteiger charge is 2.16. The van der Waals surface area contributed by atoms with E-state index in [0.29, 0.717) is 17.8 Å². The van der Waals surface area contributed by atoms with E-state index < -0.39 is 10.0 Å². The summed E-state index contributed by atoms with van der Waals surface area (Å²) < 4.78 is 27.5. The number of unbranched alkanes of at least 4 members (excludes halogenated alkanes) is 2. The summed E-state index contributed by atoms with van der Waals surface area (Å²) in [4.78, 5) is 12.4. The molecule has 0 atom stereocenters. The number of nitrogens with one attached hydrogen (secondary N) is 2. The molecule has 0 saturated heterocycles. The maximum Gasteiger partial charge on any atom is 0.261 e. The summed E-state index contributed by atoms with van der Waals surface area (Å²) in [6.45, 7) is 4.52. The van der Waals surface area contributed by atoms with Crippen LogP contribution in [0.4, 0.5) is 5.69 Å². The lowest BCUT2D eigenvalue weighted by molar-refractivity contribution is 0.0953. The number of amides is 1. The average Bonchev–Trinajstić information content (AvgIpc) is 2.61. The molecule has 0 aliphatic heterocycles. The highest BCUT2D eigenvalue weighted by Crippen LogP contribution is 2.21. The molecule has 2 rings (SSSR count). The predicted molar refractivity (Wildman–Crippen MR) is 100 cm³/mol. The number of carbonyl (C=O) groups is 1. The van der Waals surface area contributed by atoms with Crippen LogP contribution in [0.15, 0.2) is 53.4 Å². The number of aryl methyl sites for hydroxylation is 1. The number of sulfonamides is 1. The van der Waals surface area contributed by atoms with Crippen molar-refractivity contribution < 1.29 is 13.2 Å². The fraction of sp³-hybridized carbons (Fsp3) is 0.316. The zero-order valence-electron chi connectivity index (χ0n) is 14.6. The van der Waals surface area contributed by atoms with Crippen molar-refractivity contribution in [1.29, 1.82) is 0 Å². The minimum absolute atomic E-state index is 0.184. The molecule has 25 heavy (non-hydrogen) atoms. The summed E-state index contributed by atoms with van der Waals surface area (Å²) in [7, 11) is -3.68. The molecule has 1 amide bonds. The third-order valence-electron chi connectivity index (χ3n) is 3.86. The van der Waals surface area contributed by atoms with Gasteiger partial charge in [-0.3, -0.25) is 9.52 Å². The summed E-state index contributed by atoms with van der Waals surface area (Å²) >= 11 is 0. The molecule has 0 aliphatic carbocycles. The Kier molecular flexibility index (Phi) is 6.58. The molecule has 0 saturated carbocycles. The van der Waals surface area contributed by atoms with Crippen LogP contribution in [0.5, 0.6) is 0 Å². The van der Waals surface area contributed by atoms with Gasteiger partial charge in [-0.2, -0.15) is 0 Å². The second-order valence-electron chi connectivity index (χ2n) is 5.91. The molecule has 0 heterocycles. The molecule has 0 spiro atoms. The van der Waals surface area contributed by atoms with Crippen LogP contribution in [0.3, 0.4) is 0 Å². The maximum absolute atomic E-state index is 12.5. The first kappa shape index (κ1) is 19.0. The second kappa shape index (κ2) is 8.67. The standard InChI is InChI=1S/C19H24N2O3S/c1-3-4-8-13-20-19(22)16-12-11-15(2)18(14-16)21-25(23,24)17-9-6-5-7-10-17/h5-7,9-12,14,21H,3-4,8,13H2,1-2H3,(H,20,22). The topological polar surface area (TPSA) is 75.3 Å². The van der Waals surface area contributed by atoms with Crippen molar-refractivity contribution in [2.24, 2.45) is 0 Å². The Hall–Kier alpha value is -2.34. The van der Waals surface area contributed by atoms with Crippen molar-refractivity contribution in [3.63, 3.8) is 0 Å². The van der Waals surface area contributed by atoms with E-state index >= 15 is 0 Å². The summed E-state index contributed by atoms with van der Waals surface area (Å²) in [5.74, 6) is -0.198. The minimum Gasteiger partial charge on any atom is -0.352 e. The second-order valence-corrected chi connectivity index (χ2v) is 7.59. The largest absolute Gasteiger partial charge is 0.352 e. The number of anilines is 1. The van der Waals surface area contributed by atoms with Crippen molar-refractivity contribution in [2.45, 2.75) is 38.0 Å². The van der Waals surface area contributed by atoms with Gasteiger partial charge in [-0.1, -0.05) is 44.0 Å². The highest BCUT2D eigenvalue weighted by molar-refractivity contribution is 7.92. The van der Waals surface area contributed by atoms with Gasteiger partial charge in [0.25, 0.3) is 15.9 Å². The Balaban J connectivity index is 2.15. The molecule has 2 aromatic carbocycles. The smallest absolute Gasteiger partial charge is 0.261 e. The number of carbonyl (C=O) groups excluding carboxylic acids is 1. The number of hydrogen-bond acceptors (Lipinski definition) is 3. The Morgan fingerprint density at radius 2 is 1.76 bits per heavy atom. The SMILES string of the molecule is CCCCCNC(=O)c1ccc(C)c(NS(=O)(=O)c2ccccc2)c1. The van der Waals surface area contributed by atoms with E-state index in [1.807, 2.05) is 0 Å². The van der Waals surface area contributed by atoms with Gasteiger partial charge in [0.15, 0.2) is 0 Å². The lowest BCUT2D eigenvalue weighted by Gasteiger charge is -2.12. The maximum atomic E-state index is 12.5. The van der Waals surface area contributed by atoms with Gasteiger partial charge in [-0.25, -0.2) is 8.42 Å². The fourth-order valence-electron chi connectivity index (χ4n) is 2.36. The molecule has 134 valence electrons. The van der Waals surface area contributed by atoms with E-state index in [1.165, 1.54) is 12.1 Å². The monoisotopic (exact) mass is 360 g/mol. The van der Waals surface area contributed by atoms with Crippen molar-refractivity contribution in [1.82, 2.24) is 5.32 Å². The van der Waals surface area contributed by atoms with Gasteiger partial charge < -0.3 is 5.32 Å². The van der Waals surface area contributed by atoms with Crippen LogP contribution in [-0.2, 0) is 10.0 Å². The zero-order valence-corrected chi connectivity index (χ0v) is 15.4. The van der Waals surface area contributed by atoms with E-state index in [1.54, 1.807) is 43.3 Å². The van der Waals surface area contributed by atoms with Crippen molar-refractivity contribution in [2.75, 3.05) is 11.3 Å². The van der Waals surface area contributed by atoms with E-state index in [2.05, 4.69) is 17.0 Å². The molecule has 0 aromatic heterocycles. The molecular formula is C19H24N2O3S. The lowest BCUT2D eigenvalue weighted by atomic mass is 10.1. The van der Waals surface area contributed by atoms with Gasteiger partial charge in [-0.05, 0) is 43.2 Å². The molecule has 0 bridgehead atoms. The molecule has 2 aromatic rings. The Labute approximate surface area is 149 Å². The third kappa shape index (κ3) is 5.32. The Morgan fingerprint density at radius 1 is 1.04 bits per heavy atom. The average molecular weight is 360 g/mol. The van der Waals surface area contributed by atoms with Crippen LogP contribution in [0.1, 0.15) is 42.1 Å². The van der Waals surface area contributed by atoms with Crippen LogP contribution < -0.4 is 10.0 Å². The Morgan fingerprint density at radius 3 is 2.44 bits per heavy atom. The summed E-state index contributed by atoms with van der Waals surface area (Å²) in [5.41, 5.74) is 1.60. The van der Waals surface area contributed by atoms with Gasteiger partial charge in [0.1, 0.15) is 0 Å². The number of benzene rings is 2. The zero-order chi connectivity index (χ0) is 18.3. The highest BCUT2D eigenvalue weighted by atomic mass is 32.2. The lowest BCUT2D eigenvalue weighted by Crippen LogP contribution is -2.24. The van der Waals surface area contributed by atoms with Crippen molar-refractivity contribution in [3.8, 4) is 0 Å². The van der Waals surface area contributed by atoms with Crippen LogP contribution in [0, 0.1) is 6.92 Å². The molecular weight excluding hydrogens is 336 g/mol. The Bertz CT molecular complexity index is 818. The van der Waals surface area contributed by atoms with E-state index in [9.17, 15) is 13.2 Å². The molecule has 5 nitrogen and oxygen atoms in total. The first-order valence-corrected chi connectivity index (χ1v) is 9.89. The summed E-state index contributed by atoms with van der Waals surface area (Å²) in [6, 6.07) is 13.2. The quantitative estimate of drug-likeness (QED) is 0.705. The molecule has 0 aliphatic rings. The molecule has 6 heteroatoms. The van der Waals surface area contributed by atoms with Gasteiger partial charge in [0, 0.05) is 12.1 Å². The first-order valence-electron chi connectivity index (χ1n) is 8.41. The summed E-state index contributed by atoms with van der Waals surface area (Å²) in [6.07, 6.45) is 3.09. The molecule has 2 N–H and O–H groups in total. The van der Waals surface area contributed by atoms with Gasteiger partial charge in [-0.15, -0.1) is 0 Å². The van der Waals surface area contributed by atoms with Crippen molar-refractivity contribution >= 4 is 21.6 Å². The van der Waals surface area contributed by atoms with Crippen molar-refractivity contribution in [3.05, 3.63) is 59.7 Å². The van der Waals surface area contributed by atoms with Crippen LogP contribution >= 0.6 is 0 Å². The fourth-order valence-corrected chi connectivity index (χ4v) is 3.50. The van der Waals surface area contributed by atoms with Gasteiger partial charge in [0.2, 0.25) is 0 Å². The van der Waals surface area contributed by atoms with Gasteiger partial charge >= 0.3 is 0 Å². The van der Waals surface area contributed by atoms with Gasteiger partial charge in [0.05, 0.1) is 10.6 Å². The van der Waals surface area contributed by atoms with Crippen LogP contribution in [0.25, 0.3) is 0 Å². The van der Waals surface area contributed by atoms with Crippen LogP contribution in [-0.4, -0.2) is 20.9 Å². The van der Waals surface area contributed by atoms with Crippen LogP contribution in [0.2, 0.25) is 0 Å². The first-order chi connectivity index (χ1) is 11.9. The minimum atomic E-state index is -3.68. The van der Waals surface area contributed by atoms with E-state index in [0.717, 1.165) is 24.8 Å².